The van der Waals surface area contributed by atoms with Crippen LogP contribution < -0.4 is 10.1 Å². The number of carbonyl (C=O) groups excluding carboxylic acids is 3. The van der Waals surface area contributed by atoms with Crippen LogP contribution in [0.4, 0.5) is 5.69 Å². The molecule has 1 aliphatic rings. The molecular weight excluding hydrogens is 324 g/mol. The van der Waals surface area contributed by atoms with E-state index in [2.05, 4.69) is 15.3 Å². The molecule has 0 fully saturated rings. The molecule has 0 saturated heterocycles. The number of rotatable bonds is 4. The van der Waals surface area contributed by atoms with Crippen molar-refractivity contribution in [3.8, 4) is 6.01 Å². The molecule has 0 spiro atoms. The van der Waals surface area contributed by atoms with Gasteiger partial charge in [0.1, 0.15) is 6.54 Å². The third kappa shape index (κ3) is 2.93. The summed E-state index contributed by atoms with van der Waals surface area (Å²) in [7, 11) is 1.45. The van der Waals surface area contributed by atoms with E-state index in [0.29, 0.717) is 28.2 Å². The zero-order chi connectivity index (χ0) is 18.1. The second-order valence-corrected chi connectivity index (χ2v) is 5.55. The van der Waals surface area contributed by atoms with Gasteiger partial charge in [-0.3, -0.25) is 19.3 Å². The summed E-state index contributed by atoms with van der Waals surface area (Å²) in [6, 6.07) is 6.69. The minimum atomic E-state index is -0.505. The van der Waals surface area contributed by atoms with Crippen LogP contribution in [-0.4, -0.2) is 46.2 Å². The van der Waals surface area contributed by atoms with Gasteiger partial charge in [0, 0.05) is 0 Å². The van der Waals surface area contributed by atoms with Crippen LogP contribution in [-0.2, 0) is 4.79 Å². The monoisotopic (exact) mass is 340 g/mol. The van der Waals surface area contributed by atoms with Gasteiger partial charge in [0.25, 0.3) is 11.8 Å². The van der Waals surface area contributed by atoms with Gasteiger partial charge < -0.3 is 10.1 Å². The number of aromatic nitrogens is 2. The standard InChI is InChI=1S/C17H16N4O4/c1-9-14(10(2)19-17(18-9)25-3)20-13(22)8-21-15(23)11-6-4-5-7-12(11)16(21)24/h4-7H,8H2,1-3H3,(H,20,22). The van der Waals surface area contributed by atoms with Crippen molar-refractivity contribution < 1.29 is 19.1 Å². The van der Waals surface area contributed by atoms with E-state index in [9.17, 15) is 14.4 Å². The average molecular weight is 340 g/mol. The van der Waals surface area contributed by atoms with Crippen LogP contribution in [0.25, 0.3) is 0 Å². The van der Waals surface area contributed by atoms with Crippen molar-refractivity contribution in [2.24, 2.45) is 0 Å². The number of hydrogen-bond donors (Lipinski definition) is 1. The highest BCUT2D eigenvalue weighted by Gasteiger charge is 2.36. The van der Waals surface area contributed by atoms with E-state index < -0.39 is 17.7 Å². The van der Waals surface area contributed by atoms with Gasteiger partial charge in [-0.2, -0.15) is 9.97 Å². The van der Waals surface area contributed by atoms with Gasteiger partial charge in [0.05, 0.1) is 35.3 Å². The lowest BCUT2D eigenvalue weighted by Gasteiger charge is -2.15. The van der Waals surface area contributed by atoms with Crippen LogP contribution in [0.3, 0.4) is 0 Å². The molecular formula is C17H16N4O4. The SMILES string of the molecule is COc1nc(C)c(NC(=O)CN2C(=O)c3ccccc3C2=O)c(C)n1. The summed E-state index contributed by atoms with van der Waals surface area (Å²) in [6.45, 7) is 3.03. The number of aryl methyl sites for hydroxylation is 2. The predicted molar refractivity (Wildman–Crippen MR) is 88.5 cm³/mol. The van der Waals surface area contributed by atoms with Crippen molar-refractivity contribution in [2.45, 2.75) is 13.8 Å². The zero-order valence-electron chi connectivity index (χ0n) is 14.0. The van der Waals surface area contributed by atoms with Gasteiger partial charge in [0.15, 0.2) is 0 Å². The lowest BCUT2D eigenvalue weighted by molar-refractivity contribution is -0.116. The normalized spacial score (nSPS) is 13.0. The number of ether oxygens (including phenoxy) is 1. The highest BCUT2D eigenvalue weighted by molar-refractivity contribution is 6.22. The molecule has 1 aromatic carbocycles. The summed E-state index contributed by atoms with van der Waals surface area (Å²) in [5.74, 6) is -1.46. The number of carbonyl (C=O) groups is 3. The highest BCUT2D eigenvalue weighted by atomic mass is 16.5. The largest absolute Gasteiger partial charge is 0.467 e. The minimum Gasteiger partial charge on any atom is -0.467 e. The molecule has 128 valence electrons. The molecule has 0 atom stereocenters. The van der Waals surface area contributed by atoms with Crippen molar-refractivity contribution >= 4 is 23.4 Å². The lowest BCUT2D eigenvalue weighted by atomic mass is 10.1. The topological polar surface area (TPSA) is 101 Å². The number of fused-ring (bicyclic) bond motifs is 1. The molecule has 0 radical (unpaired) electrons. The van der Waals surface area contributed by atoms with Crippen LogP contribution in [0.2, 0.25) is 0 Å². The summed E-state index contributed by atoms with van der Waals surface area (Å²) in [5.41, 5.74) is 2.10. The molecule has 8 nitrogen and oxygen atoms in total. The summed E-state index contributed by atoms with van der Waals surface area (Å²) in [6.07, 6.45) is 0. The van der Waals surface area contributed by atoms with E-state index in [4.69, 9.17) is 4.74 Å². The number of benzene rings is 1. The Balaban J connectivity index is 1.77. The molecule has 8 heteroatoms. The molecule has 0 saturated carbocycles. The fraction of sp³-hybridized carbons (Fsp3) is 0.235. The molecule has 3 amide bonds. The molecule has 0 bridgehead atoms. The van der Waals surface area contributed by atoms with Crippen molar-refractivity contribution in [1.82, 2.24) is 14.9 Å². The predicted octanol–water partition coefficient (Wildman–Crippen LogP) is 1.34. The van der Waals surface area contributed by atoms with Crippen LogP contribution in [0, 0.1) is 13.8 Å². The van der Waals surface area contributed by atoms with Crippen LogP contribution in [0.5, 0.6) is 6.01 Å². The first-order valence-corrected chi connectivity index (χ1v) is 7.56. The molecule has 3 rings (SSSR count). The van der Waals surface area contributed by atoms with Crippen LogP contribution in [0.15, 0.2) is 24.3 Å². The number of nitrogens with one attached hydrogen (secondary N) is 1. The Labute approximate surface area is 143 Å². The summed E-state index contributed by atoms with van der Waals surface area (Å²) < 4.78 is 4.97. The van der Waals surface area contributed by atoms with Crippen molar-refractivity contribution in [3.63, 3.8) is 0 Å². The fourth-order valence-electron chi connectivity index (χ4n) is 2.66. The van der Waals surface area contributed by atoms with Gasteiger partial charge in [-0.1, -0.05) is 12.1 Å². The van der Waals surface area contributed by atoms with Crippen molar-refractivity contribution in [3.05, 3.63) is 46.8 Å². The number of hydrogen-bond acceptors (Lipinski definition) is 6. The van der Waals surface area contributed by atoms with Gasteiger partial charge in [-0.25, -0.2) is 0 Å². The van der Waals surface area contributed by atoms with E-state index in [1.54, 1.807) is 38.1 Å². The molecule has 1 aliphatic heterocycles. The maximum atomic E-state index is 12.3. The van der Waals surface area contributed by atoms with Gasteiger partial charge >= 0.3 is 6.01 Å². The first-order chi connectivity index (χ1) is 11.9. The molecule has 1 aromatic heterocycles. The zero-order valence-corrected chi connectivity index (χ0v) is 14.0. The fourth-order valence-corrected chi connectivity index (χ4v) is 2.66. The Bertz CT molecular complexity index is 836. The lowest BCUT2D eigenvalue weighted by Crippen LogP contribution is -2.37. The van der Waals surface area contributed by atoms with E-state index in [1.807, 2.05) is 0 Å². The quantitative estimate of drug-likeness (QED) is 0.843. The van der Waals surface area contributed by atoms with E-state index >= 15 is 0 Å². The number of nitrogens with zero attached hydrogens (tertiary/aromatic N) is 3. The van der Waals surface area contributed by atoms with E-state index in [1.165, 1.54) is 7.11 Å². The second kappa shape index (κ2) is 6.31. The molecule has 2 aromatic rings. The van der Waals surface area contributed by atoms with E-state index in [-0.39, 0.29) is 12.6 Å². The number of methoxy groups -OCH3 is 1. The van der Waals surface area contributed by atoms with Gasteiger partial charge in [0.2, 0.25) is 5.91 Å². The van der Waals surface area contributed by atoms with E-state index in [0.717, 1.165) is 4.90 Å². The first kappa shape index (κ1) is 16.6. The van der Waals surface area contributed by atoms with Crippen molar-refractivity contribution in [2.75, 3.05) is 19.0 Å². The highest BCUT2D eigenvalue weighted by Crippen LogP contribution is 2.23. The second-order valence-electron chi connectivity index (χ2n) is 5.55. The Morgan fingerprint density at radius 3 is 2.08 bits per heavy atom. The summed E-state index contributed by atoms with van der Waals surface area (Å²) >= 11 is 0. The first-order valence-electron chi connectivity index (χ1n) is 7.56. The molecule has 1 N–H and O–H groups in total. The number of imide groups is 1. The van der Waals surface area contributed by atoms with Crippen LogP contribution in [0.1, 0.15) is 32.1 Å². The Hall–Kier alpha value is -3.29. The average Bonchev–Trinajstić information content (AvgIpc) is 2.83. The maximum absolute atomic E-state index is 12.3. The summed E-state index contributed by atoms with van der Waals surface area (Å²) in [4.78, 5) is 46.1. The summed E-state index contributed by atoms with van der Waals surface area (Å²) in [5, 5.41) is 2.66. The van der Waals surface area contributed by atoms with Crippen molar-refractivity contribution in [1.29, 1.82) is 0 Å². The Morgan fingerprint density at radius 1 is 1.08 bits per heavy atom. The smallest absolute Gasteiger partial charge is 0.316 e. The molecule has 0 aliphatic carbocycles. The van der Waals surface area contributed by atoms with Gasteiger partial charge in [-0.15, -0.1) is 0 Å². The molecule has 2 heterocycles. The van der Waals surface area contributed by atoms with Crippen LogP contribution >= 0.6 is 0 Å². The number of amides is 3. The maximum Gasteiger partial charge on any atom is 0.316 e. The Morgan fingerprint density at radius 2 is 1.60 bits per heavy atom. The minimum absolute atomic E-state index is 0.202. The third-order valence-electron chi connectivity index (χ3n) is 3.88. The number of anilines is 1. The van der Waals surface area contributed by atoms with Gasteiger partial charge in [-0.05, 0) is 26.0 Å². The molecule has 0 unspecified atom stereocenters. The molecule has 25 heavy (non-hydrogen) atoms. The Kier molecular flexibility index (Phi) is 4.18. The third-order valence-corrected chi connectivity index (χ3v) is 3.88.